The van der Waals surface area contributed by atoms with Gasteiger partial charge >= 0.3 is 0 Å². The zero-order chi connectivity index (χ0) is 18.6. The summed E-state index contributed by atoms with van der Waals surface area (Å²) < 4.78 is 10.9. The Morgan fingerprint density at radius 2 is 1.74 bits per heavy atom. The highest BCUT2D eigenvalue weighted by Gasteiger charge is 2.21. The maximum Gasteiger partial charge on any atom is 0.162 e. The van der Waals surface area contributed by atoms with Gasteiger partial charge in [-0.15, -0.1) is 0 Å². The van der Waals surface area contributed by atoms with Crippen LogP contribution in [0.5, 0.6) is 11.5 Å². The Bertz CT molecular complexity index is 914. The van der Waals surface area contributed by atoms with Gasteiger partial charge in [0.05, 0.1) is 31.6 Å². The molecule has 1 aliphatic heterocycles. The van der Waals surface area contributed by atoms with Gasteiger partial charge in [0.2, 0.25) is 0 Å². The lowest BCUT2D eigenvalue weighted by atomic mass is 9.92. The largest absolute Gasteiger partial charge is 0.493 e. The molecule has 4 rings (SSSR count). The summed E-state index contributed by atoms with van der Waals surface area (Å²) in [7, 11) is 3.30. The minimum absolute atomic E-state index is 0.617. The molecule has 0 spiro atoms. The van der Waals surface area contributed by atoms with E-state index in [0.717, 1.165) is 48.3 Å². The van der Waals surface area contributed by atoms with Gasteiger partial charge in [-0.05, 0) is 36.8 Å². The molecule has 27 heavy (non-hydrogen) atoms. The molecule has 3 aromatic rings. The van der Waals surface area contributed by atoms with Crippen LogP contribution in [0.25, 0.3) is 10.9 Å². The number of fused-ring (bicyclic) bond motifs is 1. The first kappa shape index (κ1) is 17.6. The first-order valence-corrected chi connectivity index (χ1v) is 9.47. The summed E-state index contributed by atoms with van der Waals surface area (Å²) in [6.07, 6.45) is 5.39. The van der Waals surface area contributed by atoms with Crippen molar-refractivity contribution < 1.29 is 9.47 Å². The van der Waals surface area contributed by atoms with Crippen LogP contribution in [0.4, 0.5) is 5.69 Å². The Morgan fingerprint density at radius 3 is 2.52 bits per heavy atom. The smallest absolute Gasteiger partial charge is 0.162 e. The van der Waals surface area contributed by atoms with E-state index in [1.165, 1.54) is 12.0 Å². The van der Waals surface area contributed by atoms with Crippen LogP contribution in [0, 0.1) is 0 Å². The highest BCUT2D eigenvalue weighted by Crippen LogP contribution is 2.37. The number of hydrogen-bond acceptors (Lipinski definition) is 5. The van der Waals surface area contributed by atoms with E-state index < -0.39 is 0 Å². The van der Waals surface area contributed by atoms with Crippen LogP contribution in [0.1, 0.15) is 30.7 Å². The SMILES string of the molecule is COc1cc2nncc(N3CCCC(c4ccccc4)CC3)c2cc1OC. The van der Waals surface area contributed by atoms with Gasteiger partial charge in [-0.2, -0.15) is 10.2 Å². The molecule has 0 saturated carbocycles. The van der Waals surface area contributed by atoms with Crippen LogP contribution < -0.4 is 14.4 Å². The Kier molecular flexibility index (Phi) is 5.10. The first-order valence-electron chi connectivity index (χ1n) is 9.47. The Hall–Kier alpha value is -2.82. The standard InChI is InChI=1S/C22H25N3O2/c1-26-21-13-18-19(14-22(21)27-2)24-23-15-20(18)25-11-6-9-17(10-12-25)16-7-4-3-5-8-16/h3-5,7-8,13-15,17H,6,9-12H2,1-2H3. The minimum Gasteiger partial charge on any atom is -0.493 e. The maximum atomic E-state index is 5.49. The van der Waals surface area contributed by atoms with Crippen LogP contribution in [0.2, 0.25) is 0 Å². The van der Waals surface area contributed by atoms with Gasteiger partial charge in [0, 0.05) is 24.5 Å². The molecule has 140 valence electrons. The van der Waals surface area contributed by atoms with Crippen molar-refractivity contribution in [3.63, 3.8) is 0 Å². The van der Waals surface area contributed by atoms with Gasteiger partial charge in [0.15, 0.2) is 11.5 Å². The molecule has 1 aliphatic rings. The van der Waals surface area contributed by atoms with E-state index in [9.17, 15) is 0 Å². The fourth-order valence-electron chi connectivity index (χ4n) is 4.02. The molecule has 0 aliphatic carbocycles. The summed E-state index contributed by atoms with van der Waals surface area (Å²) in [6, 6.07) is 14.8. The summed E-state index contributed by atoms with van der Waals surface area (Å²) in [5, 5.41) is 9.59. The summed E-state index contributed by atoms with van der Waals surface area (Å²) in [5.41, 5.74) is 3.40. The zero-order valence-electron chi connectivity index (χ0n) is 15.9. The van der Waals surface area contributed by atoms with Gasteiger partial charge in [-0.1, -0.05) is 30.3 Å². The monoisotopic (exact) mass is 363 g/mol. The molecule has 1 saturated heterocycles. The molecule has 0 radical (unpaired) electrons. The quantitative estimate of drug-likeness (QED) is 0.687. The summed E-state index contributed by atoms with van der Waals surface area (Å²) in [6.45, 7) is 2.03. The fourth-order valence-corrected chi connectivity index (χ4v) is 4.02. The third-order valence-electron chi connectivity index (χ3n) is 5.46. The number of methoxy groups -OCH3 is 2. The summed E-state index contributed by atoms with van der Waals surface area (Å²) in [5.74, 6) is 2.01. The van der Waals surface area contributed by atoms with Gasteiger partial charge < -0.3 is 14.4 Å². The van der Waals surface area contributed by atoms with Crippen molar-refractivity contribution in [3.8, 4) is 11.5 Å². The second-order valence-corrected chi connectivity index (χ2v) is 6.98. The van der Waals surface area contributed by atoms with Crippen molar-refractivity contribution in [1.82, 2.24) is 10.2 Å². The van der Waals surface area contributed by atoms with E-state index in [2.05, 4.69) is 45.4 Å². The van der Waals surface area contributed by atoms with Gasteiger partial charge in [-0.25, -0.2) is 0 Å². The van der Waals surface area contributed by atoms with Crippen molar-refractivity contribution in [2.45, 2.75) is 25.2 Å². The first-order chi connectivity index (χ1) is 13.3. The van der Waals surface area contributed by atoms with Crippen molar-refractivity contribution in [2.75, 3.05) is 32.2 Å². The van der Waals surface area contributed by atoms with Crippen LogP contribution in [-0.2, 0) is 0 Å². The van der Waals surface area contributed by atoms with Crippen molar-refractivity contribution in [3.05, 3.63) is 54.2 Å². The highest BCUT2D eigenvalue weighted by atomic mass is 16.5. The molecule has 0 N–H and O–H groups in total. The number of ether oxygens (including phenoxy) is 2. The Labute approximate surface area is 159 Å². The molecule has 5 nitrogen and oxygen atoms in total. The number of rotatable bonds is 4. The second kappa shape index (κ2) is 7.82. The molecule has 0 amide bonds. The number of nitrogens with zero attached hydrogens (tertiary/aromatic N) is 3. The molecule has 0 bridgehead atoms. The fraction of sp³-hybridized carbons (Fsp3) is 0.364. The van der Waals surface area contributed by atoms with Crippen LogP contribution in [-0.4, -0.2) is 37.5 Å². The average Bonchev–Trinajstić information content (AvgIpc) is 2.99. The van der Waals surface area contributed by atoms with E-state index in [1.54, 1.807) is 14.2 Å². The van der Waals surface area contributed by atoms with E-state index in [0.29, 0.717) is 11.7 Å². The van der Waals surface area contributed by atoms with Crippen molar-refractivity contribution >= 4 is 16.6 Å². The molecule has 2 heterocycles. The normalized spacial score (nSPS) is 17.6. The zero-order valence-corrected chi connectivity index (χ0v) is 15.9. The lowest BCUT2D eigenvalue weighted by molar-refractivity contribution is 0.355. The van der Waals surface area contributed by atoms with E-state index >= 15 is 0 Å². The Morgan fingerprint density at radius 1 is 0.963 bits per heavy atom. The van der Waals surface area contributed by atoms with Crippen molar-refractivity contribution in [2.24, 2.45) is 0 Å². The molecule has 2 aromatic carbocycles. The molecule has 1 fully saturated rings. The predicted octanol–water partition coefficient (Wildman–Crippen LogP) is 4.42. The third kappa shape index (κ3) is 3.54. The molecule has 1 atom stereocenters. The number of anilines is 1. The Balaban J connectivity index is 1.64. The van der Waals surface area contributed by atoms with Crippen molar-refractivity contribution in [1.29, 1.82) is 0 Å². The minimum atomic E-state index is 0.617. The molecule has 1 aromatic heterocycles. The predicted molar refractivity (Wildman–Crippen MR) is 108 cm³/mol. The van der Waals surface area contributed by atoms with Gasteiger partial charge in [0.25, 0.3) is 0 Å². The highest BCUT2D eigenvalue weighted by molar-refractivity contribution is 5.93. The number of benzene rings is 2. The van der Waals surface area contributed by atoms with Crippen LogP contribution in [0.3, 0.4) is 0 Å². The lowest BCUT2D eigenvalue weighted by Crippen LogP contribution is -2.24. The summed E-state index contributed by atoms with van der Waals surface area (Å²) >= 11 is 0. The average molecular weight is 363 g/mol. The topological polar surface area (TPSA) is 47.5 Å². The van der Waals surface area contributed by atoms with E-state index in [1.807, 2.05) is 18.3 Å². The second-order valence-electron chi connectivity index (χ2n) is 6.98. The third-order valence-corrected chi connectivity index (χ3v) is 5.46. The van der Waals surface area contributed by atoms with E-state index in [-0.39, 0.29) is 0 Å². The molecular formula is C22H25N3O2. The molecular weight excluding hydrogens is 338 g/mol. The number of aromatic nitrogens is 2. The van der Waals surface area contributed by atoms with Gasteiger partial charge in [-0.3, -0.25) is 0 Å². The number of hydrogen-bond donors (Lipinski definition) is 0. The molecule has 1 unspecified atom stereocenters. The summed E-state index contributed by atoms with van der Waals surface area (Å²) in [4.78, 5) is 2.44. The van der Waals surface area contributed by atoms with Gasteiger partial charge in [0.1, 0.15) is 0 Å². The van der Waals surface area contributed by atoms with Crippen LogP contribution in [0.15, 0.2) is 48.7 Å². The maximum absolute atomic E-state index is 5.49. The molecule has 5 heteroatoms. The lowest BCUT2D eigenvalue weighted by Gasteiger charge is -2.24. The van der Waals surface area contributed by atoms with E-state index in [4.69, 9.17) is 9.47 Å². The van der Waals surface area contributed by atoms with Crippen LogP contribution >= 0.6 is 0 Å².